The smallest absolute Gasteiger partial charge is 0.295 e. The third-order valence-electron chi connectivity index (χ3n) is 4.73. The first-order valence-electron chi connectivity index (χ1n) is 9.28. The summed E-state index contributed by atoms with van der Waals surface area (Å²) in [7, 11) is 0. The predicted molar refractivity (Wildman–Crippen MR) is 123 cm³/mol. The van der Waals surface area contributed by atoms with Gasteiger partial charge >= 0.3 is 0 Å². The lowest BCUT2D eigenvalue weighted by molar-refractivity contribution is 0.101. The number of nitrogens with zero attached hydrogens (tertiary/aromatic N) is 3. The Morgan fingerprint density at radius 3 is 2.47 bits per heavy atom. The van der Waals surface area contributed by atoms with Crippen LogP contribution in [0, 0.1) is 13.8 Å². The molecule has 0 bridgehead atoms. The largest absolute Gasteiger partial charge is 0.319 e. The van der Waals surface area contributed by atoms with Gasteiger partial charge in [-0.15, -0.1) is 5.10 Å². The van der Waals surface area contributed by atoms with E-state index in [0.29, 0.717) is 16.5 Å². The van der Waals surface area contributed by atoms with Crippen molar-refractivity contribution in [3.05, 3.63) is 93.2 Å². The number of rotatable bonds is 4. The summed E-state index contributed by atoms with van der Waals surface area (Å²) in [5.74, 6) is 0.256. The monoisotopic (exact) mass is 480 g/mol. The van der Waals surface area contributed by atoms with E-state index in [9.17, 15) is 4.79 Å². The summed E-state index contributed by atoms with van der Waals surface area (Å²) in [4.78, 5) is 17.4. The van der Waals surface area contributed by atoms with Gasteiger partial charge in [0.2, 0.25) is 5.82 Å². The number of nitrogens with one attached hydrogen (secondary N) is 1. The van der Waals surface area contributed by atoms with E-state index in [1.807, 2.05) is 49.4 Å². The van der Waals surface area contributed by atoms with Crippen molar-refractivity contribution in [3.8, 4) is 17.1 Å². The highest BCUT2D eigenvalue weighted by Gasteiger charge is 2.19. The van der Waals surface area contributed by atoms with E-state index in [2.05, 4.69) is 38.3 Å². The summed E-state index contributed by atoms with van der Waals surface area (Å²) in [5.41, 5.74) is 4.59. The van der Waals surface area contributed by atoms with E-state index in [4.69, 9.17) is 11.6 Å². The molecule has 4 rings (SSSR count). The predicted octanol–water partition coefficient (Wildman–Crippen LogP) is 6.22. The van der Waals surface area contributed by atoms with Crippen LogP contribution in [0.15, 0.2) is 71.2 Å². The fourth-order valence-corrected chi connectivity index (χ4v) is 3.44. The molecule has 0 aliphatic carbocycles. The third-order valence-corrected chi connectivity index (χ3v) is 5.49. The Hall–Kier alpha value is -2.96. The van der Waals surface area contributed by atoms with Crippen molar-refractivity contribution in [1.29, 1.82) is 0 Å². The highest BCUT2D eigenvalue weighted by atomic mass is 79.9. The molecule has 0 radical (unpaired) electrons. The highest BCUT2D eigenvalue weighted by molar-refractivity contribution is 9.10. The average molecular weight is 482 g/mol. The molecule has 0 fully saturated rings. The lowest BCUT2D eigenvalue weighted by Gasteiger charge is -2.08. The van der Waals surface area contributed by atoms with Crippen LogP contribution >= 0.6 is 27.5 Å². The lowest BCUT2D eigenvalue weighted by atomic mass is 10.1. The van der Waals surface area contributed by atoms with Crippen molar-refractivity contribution >= 4 is 39.1 Å². The highest BCUT2D eigenvalue weighted by Crippen LogP contribution is 2.25. The van der Waals surface area contributed by atoms with Crippen LogP contribution in [-0.4, -0.2) is 20.7 Å². The fraction of sp³-hybridized carbons (Fsp3) is 0.0870. The molecule has 0 aliphatic rings. The number of anilines is 1. The molecule has 30 heavy (non-hydrogen) atoms. The van der Waals surface area contributed by atoms with Gasteiger partial charge in [-0.3, -0.25) is 4.79 Å². The first kappa shape index (κ1) is 20.3. The molecule has 0 aliphatic heterocycles. The topological polar surface area (TPSA) is 59.8 Å². The third kappa shape index (κ3) is 4.30. The number of hydrogen-bond acceptors (Lipinski definition) is 3. The number of halogens is 2. The summed E-state index contributed by atoms with van der Waals surface area (Å²) in [6.45, 7) is 4.10. The molecule has 0 saturated heterocycles. The molecular weight excluding hydrogens is 464 g/mol. The summed E-state index contributed by atoms with van der Waals surface area (Å²) >= 11 is 9.47. The van der Waals surface area contributed by atoms with Crippen LogP contribution < -0.4 is 5.32 Å². The lowest BCUT2D eigenvalue weighted by Crippen LogP contribution is -2.14. The van der Waals surface area contributed by atoms with E-state index in [1.165, 1.54) is 5.56 Å². The van der Waals surface area contributed by atoms with Crippen LogP contribution in [-0.2, 0) is 0 Å². The molecule has 0 saturated carbocycles. The molecular formula is C23H18BrClN4O. The van der Waals surface area contributed by atoms with Gasteiger partial charge < -0.3 is 5.32 Å². The molecule has 3 aromatic carbocycles. The maximum atomic E-state index is 12.8. The van der Waals surface area contributed by atoms with Crippen LogP contribution in [0.2, 0.25) is 5.02 Å². The molecule has 1 heterocycles. The van der Waals surface area contributed by atoms with Gasteiger partial charge in [0.1, 0.15) is 0 Å². The van der Waals surface area contributed by atoms with Crippen LogP contribution in [0.5, 0.6) is 0 Å². The molecule has 1 amide bonds. The van der Waals surface area contributed by atoms with Crippen molar-refractivity contribution in [2.75, 3.05) is 5.32 Å². The molecule has 0 atom stereocenters. The molecule has 1 aromatic heterocycles. The average Bonchev–Trinajstić information content (AvgIpc) is 3.16. The maximum absolute atomic E-state index is 12.8. The van der Waals surface area contributed by atoms with Crippen molar-refractivity contribution in [2.45, 2.75) is 13.8 Å². The van der Waals surface area contributed by atoms with Gasteiger partial charge in [-0.25, -0.2) is 9.67 Å². The molecule has 5 nitrogen and oxygen atoms in total. The molecule has 1 N–H and O–H groups in total. The minimum atomic E-state index is -0.404. The number of carbonyl (C=O) groups is 1. The first-order chi connectivity index (χ1) is 14.4. The molecule has 4 aromatic rings. The van der Waals surface area contributed by atoms with Gasteiger partial charge in [0, 0.05) is 20.7 Å². The summed E-state index contributed by atoms with van der Waals surface area (Å²) in [6, 6.07) is 20.7. The Labute approximate surface area is 187 Å². The molecule has 7 heteroatoms. The van der Waals surface area contributed by atoms with E-state index in [-0.39, 0.29) is 5.82 Å². The van der Waals surface area contributed by atoms with Gasteiger partial charge in [0.15, 0.2) is 5.82 Å². The Balaban J connectivity index is 1.77. The Morgan fingerprint density at radius 2 is 1.77 bits per heavy atom. The van der Waals surface area contributed by atoms with E-state index in [1.54, 1.807) is 28.9 Å². The standard InChI is InChI=1S/C23H18BrClN4O/c1-14-6-11-20(12-15(14)2)29-22(16-7-9-17(24)10-8-16)27-21(28-29)23(30)26-19-5-3-4-18(25)13-19/h3-13H,1-2H3,(H,26,30). The summed E-state index contributed by atoms with van der Waals surface area (Å²) in [5, 5.41) is 7.86. The van der Waals surface area contributed by atoms with Crippen molar-refractivity contribution in [3.63, 3.8) is 0 Å². The summed E-state index contributed by atoms with van der Waals surface area (Å²) < 4.78 is 2.66. The van der Waals surface area contributed by atoms with E-state index in [0.717, 1.165) is 21.3 Å². The van der Waals surface area contributed by atoms with Crippen LogP contribution in [0.25, 0.3) is 17.1 Å². The van der Waals surface area contributed by atoms with Gasteiger partial charge in [0.05, 0.1) is 5.69 Å². The van der Waals surface area contributed by atoms with E-state index < -0.39 is 5.91 Å². The zero-order valence-corrected chi connectivity index (χ0v) is 18.7. The van der Waals surface area contributed by atoms with Gasteiger partial charge in [0.25, 0.3) is 5.91 Å². The van der Waals surface area contributed by atoms with Gasteiger partial charge in [-0.2, -0.15) is 0 Å². The van der Waals surface area contributed by atoms with Gasteiger partial charge in [-0.05, 0) is 67.4 Å². The zero-order chi connectivity index (χ0) is 21.3. The number of carbonyl (C=O) groups excluding carboxylic acids is 1. The van der Waals surface area contributed by atoms with Crippen LogP contribution in [0.1, 0.15) is 21.7 Å². The molecule has 150 valence electrons. The van der Waals surface area contributed by atoms with Gasteiger partial charge in [-0.1, -0.05) is 51.8 Å². The summed E-state index contributed by atoms with van der Waals surface area (Å²) in [6.07, 6.45) is 0. The van der Waals surface area contributed by atoms with E-state index >= 15 is 0 Å². The van der Waals surface area contributed by atoms with Crippen LogP contribution in [0.4, 0.5) is 5.69 Å². The number of hydrogen-bond donors (Lipinski definition) is 1. The molecule has 0 unspecified atom stereocenters. The Kier molecular flexibility index (Phi) is 5.70. The minimum absolute atomic E-state index is 0.0751. The second-order valence-electron chi connectivity index (χ2n) is 6.91. The number of aryl methyl sites for hydroxylation is 2. The second-order valence-corrected chi connectivity index (χ2v) is 8.26. The normalized spacial score (nSPS) is 10.8. The fourth-order valence-electron chi connectivity index (χ4n) is 2.98. The number of aromatic nitrogens is 3. The van der Waals surface area contributed by atoms with Crippen molar-refractivity contribution in [2.24, 2.45) is 0 Å². The van der Waals surface area contributed by atoms with Crippen molar-refractivity contribution in [1.82, 2.24) is 14.8 Å². The SMILES string of the molecule is Cc1ccc(-n2nc(C(=O)Nc3cccc(Cl)c3)nc2-c2ccc(Br)cc2)cc1C. The van der Waals surface area contributed by atoms with Crippen LogP contribution in [0.3, 0.4) is 0 Å². The maximum Gasteiger partial charge on any atom is 0.295 e. The zero-order valence-electron chi connectivity index (χ0n) is 16.4. The Morgan fingerprint density at radius 1 is 1.00 bits per heavy atom. The first-order valence-corrected chi connectivity index (χ1v) is 10.5. The minimum Gasteiger partial charge on any atom is -0.319 e. The molecule has 0 spiro atoms. The number of benzene rings is 3. The second kappa shape index (κ2) is 8.42. The Bertz CT molecular complexity index is 1230. The number of amides is 1. The quantitative estimate of drug-likeness (QED) is 0.376. The van der Waals surface area contributed by atoms with Crippen molar-refractivity contribution < 1.29 is 4.79 Å².